The van der Waals surface area contributed by atoms with E-state index < -0.39 is 0 Å². The van der Waals surface area contributed by atoms with Gasteiger partial charge in [-0.05, 0) is 45.1 Å². The second-order valence-corrected chi connectivity index (χ2v) is 4.95. The Labute approximate surface area is 104 Å². The number of hydrogen-bond acceptors (Lipinski definition) is 4. The van der Waals surface area contributed by atoms with Gasteiger partial charge in [0.15, 0.2) is 0 Å². The fourth-order valence-electron chi connectivity index (χ4n) is 2.52. The molecule has 17 heavy (non-hydrogen) atoms. The molecular formula is C13H25NO3. The molecule has 0 aliphatic heterocycles. The van der Waals surface area contributed by atoms with Gasteiger partial charge in [0.1, 0.15) is 0 Å². The Bertz CT molecular complexity index is 233. The monoisotopic (exact) mass is 243 g/mol. The van der Waals surface area contributed by atoms with Crippen molar-refractivity contribution in [1.82, 2.24) is 5.32 Å². The van der Waals surface area contributed by atoms with Gasteiger partial charge in [-0.15, -0.1) is 0 Å². The fraction of sp³-hybridized carbons (Fsp3) is 0.923. The third-order valence-corrected chi connectivity index (χ3v) is 3.56. The molecule has 0 aromatic heterocycles. The Kier molecular flexibility index (Phi) is 6.52. The zero-order chi connectivity index (χ0) is 12.7. The maximum Gasteiger partial charge on any atom is 0.307 e. The van der Waals surface area contributed by atoms with Crippen LogP contribution in [0.1, 0.15) is 39.5 Å². The molecule has 1 saturated carbocycles. The molecule has 3 atom stereocenters. The Morgan fingerprint density at radius 2 is 2.18 bits per heavy atom. The normalized spacial score (nSPS) is 25.8. The fourth-order valence-corrected chi connectivity index (χ4v) is 2.52. The summed E-state index contributed by atoms with van der Waals surface area (Å²) in [6.07, 6.45) is 3.95. The van der Waals surface area contributed by atoms with Crippen molar-refractivity contribution >= 4 is 5.97 Å². The number of aliphatic hydroxyl groups is 1. The van der Waals surface area contributed by atoms with Crippen LogP contribution in [0.3, 0.4) is 0 Å². The second-order valence-electron chi connectivity index (χ2n) is 4.95. The first-order chi connectivity index (χ1) is 8.17. The van der Waals surface area contributed by atoms with Crippen molar-refractivity contribution in [2.24, 2.45) is 11.8 Å². The topological polar surface area (TPSA) is 58.6 Å². The van der Waals surface area contributed by atoms with Gasteiger partial charge < -0.3 is 15.2 Å². The third-order valence-electron chi connectivity index (χ3n) is 3.56. The number of aliphatic hydroxyl groups excluding tert-OH is 1. The maximum absolute atomic E-state index is 11.3. The molecule has 4 nitrogen and oxygen atoms in total. The molecule has 3 unspecified atom stereocenters. The van der Waals surface area contributed by atoms with Crippen LogP contribution in [0.5, 0.6) is 0 Å². The van der Waals surface area contributed by atoms with E-state index in [4.69, 9.17) is 4.74 Å². The Balaban J connectivity index is 2.18. The minimum atomic E-state index is -0.141. The Hall–Kier alpha value is -0.610. The van der Waals surface area contributed by atoms with Gasteiger partial charge >= 0.3 is 5.97 Å². The lowest BCUT2D eigenvalue weighted by Crippen LogP contribution is -2.35. The molecule has 0 spiro atoms. The highest BCUT2D eigenvalue weighted by Gasteiger charge is 2.26. The number of hydrogen-bond donors (Lipinski definition) is 2. The van der Waals surface area contributed by atoms with Crippen molar-refractivity contribution in [3.63, 3.8) is 0 Å². The molecule has 1 aliphatic rings. The predicted molar refractivity (Wildman–Crippen MR) is 66.6 cm³/mol. The summed E-state index contributed by atoms with van der Waals surface area (Å²) in [5, 5.41) is 12.6. The average molecular weight is 243 g/mol. The summed E-state index contributed by atoms with van der Waals surface area (Å²) < 4.78 is 4.91. The van der Waals surface area contributed by atoms with Crippen LogP contribution in [0, 0.1) is 11.8 Å². The number of carbonyl (C=O) groups is 1. The molecule has 0 saturated heterocycles. The van der Waals surface area contributed by atoms with Crippen LogP contribution in [0.15, 0.2) is 0 Å². The molecule has 1 aliphatic carbocycles. The van der Waals surface area contributed by atoms with E-state index >= 15 is 0 Å². The van der Waals surface area contributed by atoms with Gasteiger partial charge in [-0.25, -0.2) is 0 Å². The largest absolute Gasteiger partial charge is 0.466 e. The van der Waals surface area contributed by atoms with E-state index in [0.29, 0.717) is 31.5 Å². The lowest BCUT2D eigenvalue weighted by Gasteiger charge is -2.20. The lowest BCUT2D eigenvalue weighted by molar-refractivity contribution is -0.143. The quantitative estimate of drug-likeness (QED) is 0.662. The summed E-state index contributed by atoms with van der Waals surface area (Å²) in [5.41, 5.74) is 0. The molecule has 2 N–H and O–H groups in total. The van der Waals surface area contributed by atoms with Crippen LogP contribution in [0.2, 0.25) is 0 Å². The van der Waals surface area contributed by atoms with Crippen molar-refractivity contribution in [2.45, 2.75) is 45.6 Å². The van der Waals surface area contributed by atoms with Crippen molar-refractivity contribution in [1.29, 1.82) is 0 Å². The number of rotatable bonds is 7. The first kappa shape index (κ1) is 14.5. The average Bonchev–Trinajstić information content (AvgIpc) is 2.73. The molecular weight excluding hydrogens is 218 g/mol. The third kappa shape index (κ3) is 5.04. The zero-order valence-corrected chi connectivity index (χ0v) is 10.9. The lowest BCUT2D eigenvalue weighted by atomic mass is 9.96. The van der Waals surface area contributed by atoms with Crippen LogP contribution >= 0.6 is 0 Å². The van der Waals surface area contributed by atoms with Gasteiger partial charge in [-0.3, -0.25) is 4.79 Å². The molecule has 4 heteroatoms. The molecule has 0 aromatic carbocycles. The van der Waals surface area contributed by atoms with E-state index in [1.54, 1.807) is 0 Å². The standard InChI is InChI=1S/C13H25NO3/c1-3-17-13(16)7-10(2)14-8-11-5-4-6-12(11)9-15/h10-12,14-15H,3-9H2,1-2H3. The molecule has 0 heterocycles. The summed E-state index contributed by atoms with van der Waals surface area (Å²) in [5.74, 6) is 0.861. The Morgan fingerprint density at radius 1 is 1.47 bits per heavy atom. The van der Waals surface area contributed by atoms with E-state index in [-0.39, 0.29) is 12.0 Å². The Morgan fingerprint density at radius 3 is 2.82 bits per heavy atom. The zero-order valence-electron chi connectivity index (χ0n) is 10.9. The first-order valence-corrected chi connectivity index (χ1v) is 6.67. The van der Waals surface area contributed by atoms with Crippen LogP contribution in [0.25, 0.3) is 0 Å². The van der Waals surface area contributed by atoms with Crippen molar-refractivity contribution < 1.29 is 14.6 Å². The van der Waals surface area contributed by atoms with Gasteiger partial charge in [-0.1, -0.05) is 6.42 Å². The minimum Gasteiger partial charge on any atom is -0.466 e. The molecule has 0 bridgehead atoms. The molecule has 0 aromatic rings. The number of nitrogens with one attached hydrogen (secondary N) is 1. The van der Waals surface area contributed by atoms with Crippen LogP contribution < -0.4 is 5.32 Å². The van der Waals surface area contributed by atoms with Crippen LogP contribution in [0.4, 0.5) is 0 Å². The molecule has 0 radical (unpaired) electrons. The van der Waals surface area contributed by atoms with Gasteiger partial charge in [0.25, 0.3) is 0 Å². The van der Waals surface area contributed by atoms with Crippen LogP contribution in [-0.4, -0.2) is 36.9 Å². The molecule has 1 fully saturated rings. The number of carbonyl (C=O) groups excluding carboxylic acids is 1. The number of esters is 1. The summed E-state index contributed by atoms with van der Waals surface area (Å²) in [7, 11) is 0. The molecule has 0 amide bonds. The number of ether oxygens (including phenoxy) is 1. The highest BCUT2D eigenvalue weighted by molar-refractivity contribution is 5.69. The van der Waals surface area contributed by atoms with E-state index in [0.717, 1.165) is 13.0 Å². The minimum absolute atomic E-state index is 0.141. The van der Waals surface area contributed by atoms with E-state index in [2.05, 4.69) is 5.32 Å². The SMILES string of the molecule is CCOC(=O)CC(C)NCC1CCCC1CO. The molecule has 1 rings (SSSR count). The summed E-state index contributed by atoms with van der Waals surface area (Å²) in [4.78, 5) is 11.3. The second kappa shape index (κ2) is 7.67. The summed E-state index contributed by atoms with van der Waals surface area (Å²) in [6.45, 7) is 5.45. The summed E-state index contributed by atoms with van der Waals surface area (Å²) >= 11 is 0. The first-order valence-electron chi connectivity index (χ1n) is 6.67. The van der Waals surface area contributed by atoms with Crippen LogP contribution in [-0.2, 0) is 9.53 Å². The predicted octanol–water partition coefficient (Wildman–Crippen LogP) is 1.33. The highest BCUT2D eigenvalue weighted by atomic mass is 16.5. The van der Waals surface area contributed by atoms with Gasteiger partial charge in [-0.2, -0.15) is 0 Å². The maximum atomic E-state index is 11.3. The molecule has 100 valence electrons. The highest BCUT2D eigenvalue weighted by Crippen LogP contribution is 2.30. The van der Waals surface area contributed by atoms with Crippen molar-refractivity contribution in [2.75, 3.05) is 19.8 Å². The van der Waals surface area contributed by atoms with E-state index in [9.17, 15) is 9.90 Å². The van der Waals surface area contributed by atoms with E-state index in [1.807, 2.05) is 13.8 Å². The summed E-state index contributed by atoms with van der Waals surface area (Å²) in [6, 6.07) is 0.147. The van der Waals surface area contributed by atoms with Gasteiger partial charge in [0, 0.05) is 12.6 Å². The smallest absolute Gasteiger partial charge is 0.307 e. The van der Waals surface area contributed by atoms with E-state index in [1.165, 1.54) is 12.8 Å². The van der Waals surface area contributed by atoms with Gasteiger partial charge in [0.05, 0.1) is 13.0 Å². The van der Waals surface area contributed by atoms with Gasteiger partial charge in [0.2, 0.25) is 0 Å². The van der Waals surface area contributed by atoms with Crippen molar-refractivity contribution in [3.05, 3.63) is 0 Å². The van der Waals surface area contributed by atoms with Crippen molar-refractivity contribution in [3.8, 4) is 0 Å².